The van der Waals surface area contributed by atoms with E-state index in [2.05, 4.69) is 27.7 Å². The molecule has 1 amide bonds. The Hall–Kier alpha value is -1.59. The van der Waals surface area contributed by atoms with Gasteiger partial charge in [-0.1, -0.05) is 25.1 Å². The standard InChI is InChI=1S/C16H25N3O2/c1-13(11-17-2)16(20)18-12-14-5-3-4-6-15(14)19-7-9-21-10-8-19/h3-6,13,17H,7-12H2,1-2H3,(H,18,20). The molecule has 5 nitrogen and oxygen atoms in total. The predicted molar refractivity (Wildman–Crippen MR) is 84.4 cm³/mol. The maximum absolute atomic E-state index is 12.0. The van der Waals surface area contributed by atoms with E-state index < -0.39 is 0 Å². The number of hydrogen-bond donors (Lipinski definition) is 2. The van der Waals surface area contributed by atoms with Gasteiger partial charge in [0.25, 0.3) is 0 Å². The third-order valence-electron chi connectivity index (χ3n) is 3.75. The molecule has 0 aliphatic carbocycles. The molecule has 1 aromatic rings. The molecule has 2 rings (SSSR count). The number of rotatable bonds is 6. The zero-order chi connectivity index (χ0) is 15.1. The molecule has 1 aromatic carbocycles. The highest BCUT2D eigenvalue weighted by Gasteiger charge is 2.16. The minimum atomic E-state index is -0.0226. The number of ether oxygens (including phenoxy) is 1. The third-order valence-corrected chi connectivity index (χ3v) is 3.75. The van der Waals surface area contributed by atoms with Crippen LogP contribution < -0.4 is 15.5 Å². The lowest BCUT2D eigenvalue weighted by Crippen LogP contribution is -2.38. The summed E-state index contributed by atoms with van der Waals surface area (Å²) in [5, 5.41) is 6.05. The van der Waals surface area contributed by atoms with Crippen molar-refractivity contribution in [3.63, 3.8) is 0 Å². The summed E-state index contributed by atoms with van der Waals surface area (Å²) in [5.41, 5.74) is 2.35. The molecule has 1 heterocycles. The lowest BCUT2D eigenvalue weighted by atomic mass is 10.1. The lowest BCUT2D eigenvalue weighted by molar-refractivity contribution is -0.124. The van der Waals surface area contributed by atoms with Crippen LogP contribution in [0.25, 0.3) is 0 Å². The number of hydrogen-bond acceptors (Lipinski definition) is 4. The van der Waals surface area contributed by atoms with E-state index in [0.717, 1.165) is 31.9 Å². The van der Waals surface area contributed by atoms with Gasteiger partial charge in [0.2, 0.25) is 5.91 Å². The number of amides is 1. The number of carbonyl (C=O) groups is 1. The molecular formula is C16H25N3O2. The Balaban J connectivity index is 1.98. The molecular weight excluding hydrogens is 266 g/mol. The monoisotopic (exact) mass is 291 g/mol. The normalized spacial score (nSPS) is 16.6. The van der Waals surface area contributed by atoms with Crippen molar-refractivity contribution in [2.24, 2.45) is 5.92 Å². The summed E-state index contributed by atoms with van der Waals surface area (Å²) in [5.74, 6) is 0.0617. The molecule has 1 saturated heterocycles. The number of benzene rings is 1. The van der Waals surface area contributed by atoms with Crippen LogP contribution in [0.1, 0.15) is 12.5 Å². The highest BCUT2D eigenvalue weighted by atomic mass is 16.5. The SMILES string of the molecule is CNCC(C)C(=O)NCc1ccccc1N1CCOCC1. The fourth-order valence-corrected chi connectivity index (χ4v) is 2.53. The maximum Gasteiger partial charge on any atom is 0.224 e. The molecule has 1 unspecified atom stereocenters. The van der Waals surface area contributed by atoms with Gasteiger partial charge >= 0.3 is 0 Å². The Morgan fingerprint density at radius 3 is 2.76 bits per heavy atom. The van der Waals surface area contributed by atoms with Crippen LogP contribution in [0.15, 0.2) is 24.3 Å². The van der Waals surface area contributed by atoms with Gasteiger partial charge in [-0.2, -0.15) is 0 Å². The van der Waals surface area contributed by atoms with Gasteiger partial charge in [-0.15, -0.1) is 0 Å². The summed E-state index contributed by atoms with van der Waals surface area (Å²) < 4.78 is 5.40. The molecule has 0 saturated carbocycles. The first-order valence-corrected chi connectivity index (χ1v) is 7.55. The van der Waals surface area contributed by atoms with Crippen molar-refractivity contribution >= 4 is 11.6 Å². The van der Waals surface area contributed by atoms with E-state index in [1.165, 1.54) is 5.69 Å². The Morgan fingerprint density at radius 1 is 1.33 bits per heavy atom. The molecule has 1 aliphatic heterocycles. The molecule has 1 fully saturated rings. The Labute approximate surface area is 126 Å². The highest BCUT2D eigenvalue weighted by molar-refractivity contribution is 5.78. The van der Waals surface area contributed by atoms with Crippen LogP contribution in [0.3, 0.4) is 0 Å². The van der Waals surface area contributed by atoms with Crippen LogP contribution in [-0.4, -0.2) is 45.8 Å². The van der Waals surface area contributed by atoms with Crippen molar-refractivity contribution in [2.45, 2.75) is 13.5 Å². The number of carbonyl (C=O) groups excluding carboxylic acids is 1. The average Bonchev–Trinajstić information content (AvgIpc) is 2.54. The number of para-hydroxylation sites is 1. The minimum absolute atomic E-state index is 0.0226. The second kappa shape index (κ2) is 8.00. The van der Waals surface area contributed by atoms with Gasteiger partial charge in [0.15, 0.2) is 0 Å². The average molecular weight is 291 g/mol. The van der Waals surface area contributed by atoms with Crippen LogP contribution >= 0.6 is 0 Å². The number of nitrogens with zero attached hydrogens (tertiary/aromatic N) is 1. The van der Waals surface area contributed by atoms with E-state index in [0.29, 0.717) is 13.1 Å². The van der Waals surface area contributed by atoms with Crippen molar-refractivity contribution in [1.82, 2.24) is 10.6 Å². The van der Waals surface area contributed by atoms with Crippen LogP contribution in [0.5, 0.6) is 0 Å². The fraction of sp³-hybridized carbons (Fsp3) is 0.562. The Bertz CT molecular complexity index is 459. The van der Waals surface area contributed by atoms with E-state index in [9.17, 15) is 4.79 Å². The van der Waals surface area contributed by atoms with Gasteiger partial charge in [0.1, 0.15) is 0 Å². The van der Waals surface area contributed by atoms with E-state index in [1.807, 2.05) is 26.1 Å². The summed E-state index contributed by atoms with van der Waals surface area (Å²) in [4.78, 5) is 14.3. The maximum atomic E-state index is 12.0. The van der Waals surface area contributed by atoms with Crippen molar-refractivity contribution in [2.75, 3.05) is 44.8 Å². The molecule has 1 atom stereocenters. The zero-order valence-corrected chi connectivity index (χ0v) is 12.9. The lowest BCUT2D eigenvalue weighted by Gasteiger charge is -2.30. The highest BCUT2D eigenvalue weighted by Crippen LogP contribution is 2.21. The number of anilines is 1. The summed E-state index contributed by atoms with van der Waals surface area (Å²) in [7, 11) is 1.86. The first-order valence-electron chi connectivity index (χ1n) is 7.55. The summed E-state index contributed by atoms with van der Waals surface area (Å²) >= 11 is 0. The first-order chi connectivity index (χ1) is 10.2. The van der Waals surface area contributed by atoms with Crippen molar-refractivity contribution in [3.05, 3.63) is 29.8 Å². The first kappa shape index (κ1) is 15.8. The summed E-state index contributed by atoms with van der Waals surface area (Å²) in [6, 6.07) is 8.25. The zero-order valence-electron chi connectivity index (χ0n) is 12.9. The summed E-state index contributed by atoms with van der Waals surface area (Å²) in [6.45, 7) is 6.53. The molecule has 0 bridgehead atoms. The molecule has 2 N–H and O–H groups in total. The van der Waals surface area contributed by atoms with Crippen LogP contribution in [0.4, 0.5) is 5.69 Å². The van der Waals surface area contributed by atoms with E-state index >= 15 is 0 Å². The minimum Gasteiger partial charge on any atom is -0.378 e. The predicted octanol–water partition coefficient (Wildman–Crippen LogP) is 0.995. The second-order valence-electron chi connectivity index (χ2n) is 5.40. The quantitative estimate of drug-likeness (QED) is 0.821. The molecule has 1 aliphatic rings. The summed E-state index contributed by atoms with van der Waals surface area (Å²) in [6.07, 6.45) is 0. The molecule has 5 heteroatoms. The van der Waals surface area contributed by atoms with Crippen LogP contribution in [0.2, 0.25) is 0 Å². The van der Waals surface area contributed by atoms with E-state index in [-0.39, 0.29) is 11.8 Å². The Kier molecular flexibility index (Phi) is 6.02. The van der Waals surface area contributed by atoms with Gasteiger partial charge in [-0.25, -0.2) is 0 Å². The molecule has 0 spiro atoms. The largest absolute Gasteiger partial charge is 0.378 e. The number of nitrogens with one attached hydrogen (secondary N) is 2. The van der Waals surface area contributed by atoms with Gasteiger partial charge in [-0.05, 0) is 18.7 Å². The van der Waals surface area contributed by atoms with Crippen molar-refractivity contribution in [3.8, 4) is 0 Å². The second-order valence-corrected chi connectivity index (χ2v) is 5.40. The Morgan fingerprint density at radius 2 is 2.05 bits per heavy atom. The topological polar surface area (TPSA) is 53.6 Å². The molecule has 0 aromatic heterocycles. The van der Waals surface area contributed by atoms with E-state index in [4.69, 9.17) is 4.74 Å². The molecule has 116 valence electrons. The van der Waals surface area contributed by atoms with Crippen molar-refractivity contribution < 1.29 is 9.53 Å². The van der Waals surface area contributed by atoms with Crippen LogP contribution in [-0.2, 0) is 16.1 Å². The number of morpholine rings is 1. The molecule has 0 radical (unpaired) electrons. The smallest absolute Gasteiger partial charge is 0.224 e. The van der Waals surface area contributed by atoms with E-state index in [1.54, 1.807) is 0 Å². The van der Waals surface area contributed by atoms with Crippen LogP contribution in [0, 0.1) is 5.92 Å². The fourth-order valence-electron chi connectivity index (χ4n) is 2.53. The molecule has 21 heavy (non-hydrogen) atoms. The van der Waals surface area contributed by atoms with Gasteiger partial charge in [0, 0.05) is 37.8 Å². The van der Waals surface area contributed by atoms with Gasteiger partial charge in [0.05, 0.1) is 13.2 Å². The van der Waals surface area contributed by atoms with Gasteiger partial charge < -0.3 is 20.3 Å². The third kappa shape index (κ3) is 4.44. The van der Waals surface area contributed by atoms with Gasteiger partial charge in [-0.3, -0.25) is 4.79 Å². The van der Waals surface area contributed by atoms with Crippen molar-refractivity contribution in [1.29, 1.82) is 0 Å².